The number of fused-ring (bicyclic) bond motifs is 1. The quantitative estimate of drug-likeness (QED) is 0.727. The molecule has 0 saturated carbocycles. The molecule has 0 atom stereocenters. The second kappa shape index (κ2) is 4.07. The van der Waals surface area contributed by atoms with Crippen molar-refractivity contribution in [3.63, 3.8) is 0 Å². The number of aromatic amines is 1. The summed E-state index contributed by atoms with van der Waals surface area (Å²) >= 11 is 6.10. The zero-order chi connectivity index (χ0) is 11.7. The predicted octanol–water partition coefficient (Wildman–Crippen LogP) is 3.35. The van der Waals surface area contributed by atoms with E-state index in [1.807, 2.05) is 36.4 Å². The normalized spacial score (nSPS) is 10.6. The number of nitrogens with zero attached hydrogens (tertiary/aromatic N) is 2. The van der Waals surface area contributed by atoms with Gasteiger partial charge in [0.25, 0.3) is 0 Å². The van der Waals surface area contributed by atoms with Crippen LogP contribution in [0.3, 0.4) is 0 Å². The second-order valence-electron chi connectivity index (χ2n) is 3.59. The Morgan fingerprint density at radius 1 is 1.06 bits per heavy atom. The molecule has 17 heavy (non-hydrogen) atoms. The number of hydrogen-bond donors (Lipinski definition) is 2. The molecule has 0 aliphatic heterocycles. The van der Waals surface area contributed by atoms with E-state index in [9.17, 15) is 0 Å². The van der Waals surface area contributed by atoms with Crippen LogP contribution >= 0.6 is 11.6 Å². The van der Waals surface area contributed by atoms with Crippen LogP contribution in [0.15, 0.2) is 42.6 Å². The third-order valence-electron chi connectivity index (χ3n) is 2.43. The monoisotopic (exact) mass is 244 g/mol. The third-order valence-corrected chi connectivity index (χ3v) is 2.73. The van der Waals surface area contributed by atoms with E-state index in [2.05, 4.69) is 20.5 Å². The second-order valence-corrected chi connectivity index (χ2v) is 4.00. The van der Waals surface area contributed by atoms with Gasteiger partial charge in [-0.2, -0.15) is 5.10 Å². The first kappa shape index (κ1) is 10.1. The Morgan fingerprint density at radius 2 is 2.00 bits per heavy atom. The Kier molecular flexibility index (Phi) is 2.42. The number of benzene rings is 1. The van der Waals surface area contributed by atoms with Crippen molar-refractivity contribution in [3.05, 3.63) is 47.6 Å². The van der Waals surface area contributed by atoms with E-state index < -0.39 is 0 Å². The van der Waals surface area contributed by atoms with E-state index in [0.29, 0.717) is 5.02 Å². The number of nitrogens with one attached hydrogen (secondary N) is 2. The molecule has 0 spiro atoms. The van der Waals surface area contributed by atoms with Gasteiger partial charge in [0, 0.05) is 17.6 Å². The molecule has 0 fully saturated rings. The Hall–Kier alpha value is -2.07. The maximum Gasteiger partial charge on any atom is 0.153 e. The molecule has 0 saturated heterocycles. The molecule has 2 aromatic heterocycles. The summed E-state index contributed by atoms with van der Waals surface area (Å²) in [6.07, 6.45) is 1.75. The summed E-state index contributed by atoms with van der Waals surface area (Å²) in [6, 6.07) is 11.4. The first-order valence-corrected chi connectivity index (χ1v) is 5.53. The van der Waals surface area contributed by atoms with Crippen molar-refractivity contribution in [2.45, 2.75) is 0 Å². The lowest BCUT2D eigenvalue weighted by Gasteiger charge is -2.04. The number of anilines is 2. The van der Waals surface area contributed by atoms with Crippen LogP contribution in [0.1, 0.15) is 0 Å². The number of hydrogen-bond acceptors (Lipinski definition) is 3. The molecular weight excluding hydrogens is 236 g/mol. The van der Waals surface area contributed by atoms with Crippen molar-refractivity contribution in [3.8, 4) is 0 Å². The summed E-state index contributed by atoms with van der Waals surface area (Å²) in [4.78, 5) is 4.45. The smallest absolute Gasteiger partial charge is 0.153 e. The highest BCUT2D eigenvalue weighted by Crippen LogP contribution is 2.23. The van der Waals surface area contributed by atoms with Crippen LogP contribution in [0.2, 0.25) is 5.02 Å². The van der Waals surface area contributed by atoms with Gasteiger partial charge in [-0.25, -0.2) is 4.98 Å². The van der Waals surface area contributed by atoms with Crippen LogP contribution in [0.25, 0.3) is 10.9 Å². The van der Waals surface area contributed by atoms with Crippen molar-refractivity contribution in [1.29, 1.82) is 0 Å². The van der Waals surface area contributed by atoms with Gasteiger partial charge in [-0.05, 0) is 18.2 Å². The van der Waals surface area contributed by atoms with Gasteiger partial charge in [0.1, 0.15) is 5.82 Å². The zero-order valence-corrected chi connectivity index (χ0v) is 9.57. The minimum atomic E-state index is 0.646. The Labute approximate surface area is 103 Å². The highest BCUT2D eigenvalue weighted by molar-refractivity contribution is 6.35. The molecule has 1 aromatic carbocycles. The predicted molar refractivity (Wildman–Crippen MR) is 68.6 cm³/mol. The highest BCUT2D eigenvalue weighted by Gasteiger charge is 2.02. The molecule has 0 amide bonds. The summed E-state index contributed by atoms with van der Waals surface area (Å²) in [7, 11) is 0. The van der Waals surface area contributed by atoms with Gasteiger partial charge in [0.15, 0.2) is 5.82 Å². The largest absolute Gasteiger partial charge is 0.323 e. The Morgan fingerprint density at radius 3 is 2.82 bits per heavy atom. The minimum Gasteiger partial charge on any atom is -0.323 e. The van der Waals surface area contributed by atoms with Crippen LogP contribution < -0.4 is 5.32 Å². The van der Waals surface area contributed by atoms with Crippen molar-refractivity contribution in [2.75, 3.05) is 5.32 Å². The fraction of sp³-hybridized carbons (Fsp3) is 0. The van der Waals surface area contributed by atoms with Crippen molar-refractivity contribution >= 4 is 34.1 Å². The number of H-pyrrole nitrogens is 1. The molecule has 3 aromatic rings. The highest BCUT2D eigenvalue weighted by atomic mass is 35.5. The topological polar surface area (TPSA) is 53.6 Å². The number of halogens is 1. The van der Waals surface area contributed by atoms with Crippen LogP contribution in [0.5, 0.6) is 0 Å². The first-order valence-electron chi connectivity index (χ1n) is 5.15. The van der Waals surface area contributed by atoms with Gasteiger partial charge < -0.3 is 5.32 Å². The van der Waals surface area contributed by atoms with E-state index in [1.54, 1.807) is 6.20 Å². The number of aromatic nitrogens is 3. The maximum absolute atomic E-state index is 6.10. The standard InChI is InChI=1S/C12H9ClN4/c13-9-3-1-2-8-4-5-10(16-12(8)9)15-11-6-7-14-17-11/h1-7H,(H2,14,15,16,17). The van der Waals surface area contributed by atoms with E-state index in [4.69, 9.17) is 11.6 Å². The van der Waals surface area contributed by atoms with Gasteiger partial charge in [-0.3, -0.25) is 5.10 Å². The maximum atomic E-state index is 6.10. The molecule has 0 radical (unpaired) electrons. The SMILES string of the molecule is Clc1cccc2ccc(Nc3cc[nH]n3)nc12. The molecule has 3 rings (SSSR count). The summed E-state index contributed by atoms with van der Waals surface area (Å²) in [5.74, 6) is 1.45. The summed E-state index contributed by atoms with van der Waals surface area (Å²) in [5.41, 5.74) is 0.787. The van der Waals surface area contributed by atoms with Gasteiger partial charge in [-0.1, -0.05) is 23.7 Å². The molecule has 2 N–H and O–H groups in total. The first-order chi connectivity index (χ1) is 8.33. The third kappa shape index (κ3) is 1.94. The number of para-hydroxylation sites is 1. The zero-order valence-electron chi connectivity index (χ0n) is 8.81. The molecule has 0 unspecified atom stereocenters. The Balaban J connectivity index is 2.04. The fourth-order valence-corrected chi connectivity index (χ4v) is 1.87. The molecule has 2 heterocycles. The molecule has 5 heteroatoms. The molecule has 84 valence electrons. The van der Waals surface area contributed by atoms with Crippen LogP contribution in [0.4, 0.5) is 11.6 Å². The van der Waals surface area contributed by atoms with E-state index >= 15 is 0 Å². The van der Waals surface area contributed by atoms with E-state index in [1.165, 1.54) is 0 Å². The van der Waals surface area contributed by atoms with Crippen molar-refractivity contribution in [1.82, 2.24) is 15.2 Å². The molecule has 0 bridgehead atoms. The van der Waals surface area contributed by atoms with Gasteiger partial charge >= 0.3 is 0 Å². The lowest BCUT2D eigenvalue weighted by molar-refractivity contribution is 1.09. The summed E-state index contributed by atoms with van der Waals surface area (Å²) in [5, 5.41) is 11.5. The molecular formula is C12H9ClN4. The summed E-state index contributed by atoms with van der Waals surface area (Å²) < 4.78 is 0. The van der Waals surface area contributed by atoms with Crippen LogP contribution in [-0.4, -0.2) is 15.2 Å². The summed E-state index contributed by atoms with van der Waals surface area (Å²) in [6.45, 7) is 0. The van der Waals surface area contributed by atoms with E-state index in [-0.39, 0.29) is 0 Å². The van der Waals surface area contributed by atoms with Crippen LogP contribution in [-0.2, 0) is 0 Å². The average molecular weight is 245 g/mol. The number of rotatable bonds is 2. The van der Waals surface area contributed by atoms with Gasteiger partial charge in [0.2, 0.25) is 0 Å². The lowest BCUT2D eigenvalue weighted by Crippen LogP contribution is -1.94. The van der Waals surface area contributed by atoms with Gasteiger partial charge in [0.05, 0.1) is 10.5 Å². The lowest BCUT2D eigenvalue weighted by atomic mass is 10.2. The van der Waals surface area contributed by atoms with E-state index in [0.717, 1.165) is 22.5 Å². The van der Waals surface area contributed by atoms with Crippen molar-refractivity contribution < 1.29 is 0 Å². The number of pyridine rings is 1. The average Bonchev–Trinajstić information content (AvgIpc) is 2.83. The van der Waals surface area contributed by atoms with Crippen LogP contribution in [0, 0.1) is 0 Å². The molecule has 0 aliphatic rings. The molecule has 4 nitrogen and oxygen atoms in total. The minimum absolute atomic E-state index is 0.646. The van der Waals surface area contributed by atoms with Gasteiger partial charge in [-0.15, -0.1) is 0 Å². The van der Waals surface area contributed by atoms with Crippen molar-refractivity contribution in [2.24, 2.45) is 0 Å². The fourth-order valence-electron chi connectivity index (χ4n) is 1.64. The molecule has 0 aliphatic carbocycles. The Bertz CT molecular complexity index is 649.